The molecule has 1 aliphatic carbocycles. The molecule has 3 heteroatoms. The van der Waals surface area contributed by atoms with Crippen LogP contribution in [0.5, 0.6) is 0 Å². The molecule has 0 aromatic carbocycles. The lowest BCUT2D eigenvalue weighted by molar-refractivity contribution is -0.119. The average Bonchev–Trinajstić information content (AvgIpc) is 2.63. The van der Waals surface area contributed by atoms with Crippen molar-refractivity contribution in [2.45, 2.75) is 37.9 Å². The lowest BCUT2D eigenvalue weighted by atomic mass is 9.87. The first-order chi connectivity index (χ1) is 5.25. The number of carbonyl (C=O) groups is 1. The summed E-state index contributed by atoms with van der Waals surface area (Å²) in [6, 6.07) is 0. The van der Waals surface area contributed by atoms with E-state index in [0.29, 0.717) is 24.5 Å². The summed E-state index contributed by atoms with van der Waals surface area (Å²) in [6.07, 6.45) is 4.83. The van der Waals surface area contributed by atoms with Crippen LogP contribution < -0.4 is 5.73 Å². The highest BCUT2D eigenvalue weighted by atomic mass is 16.6. The molecule has 1 saturated heterocycles. The van der Waals surface area contributed by atoms with Crippen molar-refractivity contribution in [2.24, 2.45) is 11.7 Å². The number of hydrogen-bond acceptors (Lipinski definition) is 2. The third kappa shape index (κ3) is 1.53. The standard InChI is InChI=1S/C8H13NO2/c9-8(10)4-5-1-2-6-7(3-5)11-6/h5-7H,1-4H2,(H2,9,10). The minimum absolute atomic E-state index is 0.172. The van der Waals surface area contributed by atoms with Gasteiger partial charge in [0.1, 0.15) is 0 Å². The normalized spacial score (nSPS) is 41.3. The zero-order chi connectivity index (χ0) is 7.84. The molecule has 1 amide bonds. The van der Waals surface area contributed by atoms with Crippen LogP contribution in [0.1, 0.15) is 25.7 Å². The van der Waals surface area contributed by atoms with Gasteiger partial charge in [-0.05, 0) is 25.2 Å². The summed E-state index contributed by atoms with van der Waals surface area (Å²) in [4.78, 5) is 10.6. The molecular weight excluding hydrogens is 142 g/mol. The number of carbonyl (C=O) groups excluding carboxylic acids is 1. The highest BCUT2D eigenvalue weighted by molar-refractivity contribution is 5.74. The minimum Gasteiger partial charge on any atom is -0.370 e. The zero-order valence-electron chi connectivity index (χ0n) is 6.45. The molecule has 1 saturated carbocycles. The first-order valence-electron chi connectivity index (χ1n) is 4.19. The Morgan fingerprint density at radius 1 is 1.45 bits per heavy atom. The molecule has 62 valence electrons. The second-order valence-electron chi connectivity index (χ2n) is 3.56. The van der Waals surface area contributed by atoms with Crippen LogP contribution in [0.4, 0.5) is 0 Å². The van der Waals surface area contributed by atoms with Crippen LogP contribution in [0.2, 0.25) is 0 Å². The van der Waals surface area contributed by atoms with E-state index in [-0.39, 0.29) is 5.91 Å². The molecule has 0 radical (unpaired) electrons. The average molecular weight is 155 g/mol. The van der Waals surface area contributed by atoms with Crippen LogP contribution >= 0.6 is 0 Å². The van der Waals surface area contributed by atoms with Crippen molar-refractivity contribution in [2.75, 3.05) is 0 Å². The van der Waals surface area contributed by atoms with Crippen LogP contribution in [0.25, 0.3) is 0 Å². The van der Waals surface area contributed by atoms with Gasteiger partial charge in [0.05, 0.1) is 12.2 Å². The van der Waals surface area contributed by atoms with Gasteiger partial charge in [0, 0.05) is 6.42 Å². The maximum atomic E-state index is 10.6. The Bertz CT molecular complexity index is 181. The second kappa shape index (κ2) is 2.48. The third-order valence-corrected chi connectivity index (χ3v) is 2.60. The third-order valence-electron chi connectivity index (χ3n) is 2.60. The quantitative estimate of drug-likeness (QED) is 0.588. The number of epoxide rings is 1. The largest absolute Gasteiger partial charge is 0.370 e. The van der Waals surface area contributed by atoms with E-state index in [9.17, 15) is 4.79 Å². The fraction of sp³-hybridized carbons (Fsp3) is 0.875. The van der Waals surface area contributed by atoms with Gasteiger partial charge in [0.2, 0.25) is 5.91 Å². The summed E-state index contributed by atoms with van der Waals surface area (Å²) in [5.41, 5.74) is 5.10. The monoisotopic (exact) mass is 155 g/mol. The summed E-state index contributed by atoms with van der Waals surface area (Å²) >= 11 is 0. The molecule has 3 nitrogen and oxygen atoms in total. The smallest absolute Gasteiger partial charge is 0.217 e. The van der Waals surface area contributed by atoms with E-state index < -0.39 is 0 Å². The van der Waals surface area contributed by atoms with Gasteiger partial charge in [0.25, 0.3) is 0 Å². The lowest BCUT2D eigenvalue weighted by Crippen LogP contribution is -2.21. The van der Waals surface area contributed by atoms with Gasteiger partial charge < -0.3 is 10.5 Å². The summed E-state index contributed by atoms with van der Waals surface area (Å²) < 4.78 is 5.34. The second-order valence-corrected chi connectivity index (χ2v) is 3.56. The Balaban J connectivity index is 1.81. The first-order valence-corrected chi connectivity index (χ1v) is 4.19. The van der Waals surface area contributed by atoms with Crippen molar-refractivity contribution in [1.82, 2.24) is 0 Å². The maximum Gasteiger partial charge on any atom is 0.217 e. The van der Waals surface area contributed by atoms with Crippen LogP contribution in [0, 0.1) is 5.92 Å². The van der Waals surface area contributed by atoms with Crippen molar-refractivity contribution in [3.63, 3.8) is 0 Å². The number of ether oxygens (including phenoxy) is 1. The van der Waals surface area contributed by atoms with E-state index in [4.69, 9.17) is 10.5 Å². The van der Waals surface area contributed by atoms with Gasteiger partial charge in [-0.2, -0.15) is 0 Å². The Morgan fingerprint density at radius 3 is 2.91 bits per heavy atom. The van der Waals surface area contributed by atoms with Crippen LogP contribution in [0.3, 0.4) is 0 Å². The zero-order valence-corrected chi connectivity index (χ0v) is 6.45. The predicted molar refractivity (Wildman–Crippen MR) is 39.8 cm³/mol. The van der Waals surface area contributed by atoms with E-state index in [1.165, 1.54) is 0 Å². The van der Waals surface area contributed by atoms with E-state index in [1.54, 1.807) is 0 Å². The van der Waals surface area contributed by atoms with Crippen LogP contribution in [-0.4, -0.2) is 18.1 Å². The van der Waals surface area contributed by atoms with Gasteiger partial charge in [-0.25, -0.2) is 0 Å². The highest BCUT2D eigenvalue weighted by Gasteiger charge is 2.43. The van der Waals surface area contributed by atoms with Crippen molar-refractivity contribution >= 4 is 5.91 Å². The number of nitrogens with two attached hydrogens (primary N) is 1. The van der Waals surface area contributed by atoms with Crippen molar-refractivity contribution in [3.8, 4) is 0 Å². The van der Waals surface area contributed by atoms with Crippen molar-refractivity contribution < 1.29 is 9.53 Å². The fourth-order valence-electron chi connectivity index (χ4n) is 1.96. The van der Waals surface area contributed by atoms with Crippen molar-refractivity contribution in [3.05, 3.63) is 0 Å². The summed E-state index contributed by atoms with van der Waals surface area (Å²) in [6.45, 7) is 0. The highest BCUT2D eigenvalue weighted by Crippen LogP contribution is 2.40. The number of rotatable bonds is 2. The summed E-state index contributed by atoms with van der Waals surface area (Å²) in [5, 5.41) is 0. The Labute approximate surface area is 65.9 Å². The van der Waals surface area contributed by atoms with Gasteiger partial charge in [-0.15, -0.1) is 0 Å². The van der Waals surface area contributed by atoms with E-state index in [0.717, 1.165) is 19.3 Å². The van der Waals surface area contributed by atoms with Crippen LogP contribution in [0.15, 0.2) is 0 Å². The molecule has 3 unspecified atom stereocenters. The number of amides is 1. The molecule has 0 aromatic heterocycles. The predicted octanol–water partition coefficient (Wildman–Crippen LogP) is 0.429. The van der Waals surface area contributed by atoms with Gasteiger partial charge in [-0.3, -0.25) is 4.79 Å². The van der Waals surface area contributed by atoms with Crippen molar-refractivity contribution in [1.29, 1.82) is 0 Å². The number of fused-ring (bicyclic) bond motifs is 1. The Morgan fingerprint density at radius 2 is 2.27 bits per heavy atom. The summed E-state index contributed by atoms with van der Waals surface area (Å²) in [7, 11) is 0. The minimum atomic E-state index is -0.172. The van der Waals surface area contributed by atoms with E-state index in [1.807, 2.05) is 0 Å². The molecular formula is C8H13NO2. The van der Waals surface area contributed by atoms with Crippen LogP contribution in [-0.2, 0) is 9.53 Å². The molecule has 2 aliphatic rings. The van der Waals surface area contributed by atoms with Gasteiger partial charge in [-0.1, -0.05) is 0 Å². The molecule has 11 heavy (non-hydrogen) atoms. The molecule has 2 N–H and O–H groups in total. The summed E-state index contributed by atoms with van der Waals surface area (Å²) in [5.74, 6) is 0.324. The Hall–Kier alpha value is -0.570. The molecule has 1 heterocycles. The fourth-order valence-corrected chi connectivity index (χ4v) is 1.96. The molecule has 0 aromatic rings. The molecule has 0 spiro atoms. The first kappa shape index (κ1) is 7.10. The van der Waals surface area contributed by atoms with E-state index >= 15 is 0 Å². The molecule has 0 bridgehead atoms. The molecule has 2 rings (SSSR count). The van der Waals surface area contributed by atoms with Gasteiger partial charge in [0.15, 0.2) is 0 Å². The topological polar surface area (TPSA) is 55.6 Å². The maximum absolute atomic E-state index is 10.6. The SMILES string of the molecule is NC(=O)CC1CCC2OC2C1. The lowest BCUT2D eigenvalue weighted by Gasteiger charge is -2.16. The molecule has 2 fully saturated rings. The molecule has 1 aliphatic heterocycles. The number of hydrogen-bond donors (Lipinski definition) is 1. The Kier molecular flexibility index (Phi) is 1.60. The van der Waals surface area contributed by atoms with Gasteiger partial charge >= 0.3 is 0 Å². The molecule has 3 atom stereocenters. The number of primary amides is 1. The van der Waals surface area contributed by atoms with E-state index in [2.05, 4.69) is 0 Å².